The zero-order valence-electron chi connectivity index (χ0n) is 12.8. The van der Waals surface area contributed by atoms with Gasteiger partial charge >= 0.3 is 11.9 Å². The maximum Gasteiger partial charge on any atom is 0.320 e. The number of methoxy groups -OCH3 is 2. The Hall–Kier alpha value is -2.04. The van der Waals surface area contributed by atoms with Crippen LogP contribution in [0.4, 0.5) is 0 Å². The van der Waals surface area contributed by atoms with Crippen molar-refractivity contribution in [2.45, 2.75) is 26.2 Å². The van der Waals surface area contributed by atoms with E-state index < -0.39 is 17.9 Å². The topological polar surface area (TPSA) is 61.8 Å². The summed E-state index contributed by atoms with van der Waals surface area (Å²) in [5.74, 6) is -1.35. The Morgan fingerprint density at radius 1 is 1.05 bits per heavy atom. The molecular weight excluding hydrogens is 272 g/mol. The summed E-state index contributed by atoms with van der Waals surface area (Å²) in [6.07, 6.45) is 2.33. The van der Waals surface area contributed by atoms with Crippen LogP contribution in [0.2, 0.25) is 0 Å². The summed E-state index contributed by atoms with van der Waals surface area (Å²) in [7, 11) is 2.51. The number of unbranched alkanes of at least 4 members (excludes halogenated alkanes) is 1. The summed E-state index contributed by atoms with van der Waals surface area (Å²) in [6.45, 7) is 2.79. The van der Waals surface area contributed by atoms with Crippen molar-refractivity contribution in [1.29, 1.82) is 0 Å². The van der Waals surface area contributed by atoms with Crippen LogP contribution in [-0.2, 0) is 25.5 Å². The van der Waals surface area contributed by atoms with Crippen LogP contribution < -0.4 is 4.74 Å². The molecule has 5 heteroatoms. The van der Waals surface area contributed by atoms with Crippen molar-refractivity contribution in [3.05, 3.63) is 29.8 Å². The lowest BCUT2D eigenvalue weighted by Gasteiger charge is -2.13. The SMILES string of the molecule is CCCCOc1ccc(CC(C(=O)OC)C(=O)OC)cc1. The standard InChI is InChI=1S/C16H22O5/c1-4-5-10-21-13-8-6-12(7-9-13)11-14(15(17)19-2)16(18)20-3/h6-9,14H,4-5,10-11H2,1-3H3. The monoisotopic (exact) mass is 294 g/mol. The predicted octanol–water partition coefficient (Wildman–Crippen LogP) is 2.37. The number of hydrogen-bond acceptors (Lipinski definition) is 5. The van der Waals surface area contributed by atoms with E-state index in [-0.39, 0.29) is 6.42 Å². The molecule has 0 aliphatic heterocycles. The summed E-state index contributed by atoms with van der Waals surface area (Å²) in [6, 6.07) is 7.33. The molecule has 0 radical (unpaired) electrons. The molecule has 1 aromatic carbocycles. The summed E-state index contributed by atoms with van der Waals surface area (Å²) < 4.78 is 14.8. The van der Waals surface area contributed by atoms with E-state index in [1.54, 1.807) is 0 Å². The number of carbonyl (C=O) groups is 2. The van der Waals surface area contributed by atoms with Gasteiger partial charge in [0.2, 0.25) is 0 Å². The van der Waals surface area contributed by atoms with E-state index >= 15 is 0 Å². The molecule has 0 aliphatic carbocycles. The molecule has 0 fully saturated rings. The van der Waals surface area contributed by atoms with E-state index in [0.29, 0.717) is 6.61 Å². The van der Waals surface area contributed by atoms with E-state index in [0.717, 1.165) is 24.2 Å². The number of hydrogen-bond donors (Lipinski definition) is 0. The summed E-state index contributed by atoms with van der Waals surface area (Å²) in [5, 5.41) is 0. The van der Waals surface area contributed by atoms with Crippen LogP contribution in [0.3, 0.4) is 0 Å². The molecule has 0 amide bonds. The minimum absolute atomic E-state index is 0.245. The minimum atomic E-state index is -0.938. The first-order chi connectivity index (χ1) is 10.1. The molecule has 0 saturated heterocycles. The Bertz CT molecular complexity index is 436. The average molecular weight is 294 g/mol. The van der Waals surface area contributed by atoms with E-state index in [9.17, 15) is 9.59 Å². The van der Waals surface area contributed by atoms with Gasteiger partial charge < -0.3 is 14.2 Å². The van der Waals surface area contributed by atoms with Crippen molar-refractivity contribution >= 4 is 11.9 Å². The van der Waals surface area contributed by atoms with Crippen LogP contribution >= 0.6 is 0 Å². The van der Waals surface area contributed by atoms with Crippen molar-refractivity contribution < 1.29 is 23.8 Å². The van der Waals surface area contributed by atoms with Crippen LogP contribution in [0.5, 0.6) is 5.75 Å². The van der Waals surface area contributed by atoms with Gasteiger partial charge in [-0.1, -0.05) is 25.5 Å². The minimum Gasteiger partial charge on any atom is -0.494 e. The summed E-state index contributed by atoms with van der Waals surface area (Å²) in [4.78, 5) is 23.2. The van der Waals surface area contributed by atoms with E-state index in [2.05, 4.69) is 16.4 Å². The van der Waals surface area contributed by atoms with E-state index in [1.165, 1.54) is 14.2 Å². The molecule has 0 aliphatic rings. The number of ether oxygens (including phenoxy) is 3. The van der Waals surface area contributed by atoms with Crippen LogP contribution in [0, 0.1) is 5.92 Å². The quantitative estimate of drug-likeness (QED) is 0.418. The summed E-state index contributed by atoms with van der Waals surface area (Å²) in [5.41, 5.74) is 0.846. The van der Waals surface area contributed by atoms with Crippen molar-refractivity contribution in [1.82, 2.24) is 0 Å². The van der Waals surface area contributed by atoms with Gasteiger partial charge in [-0.2, -0.15) is 0 Å². The molecule has 0 spiro atoms. The van der Waals surface area contributed by atoms with Gasteiger partial charge in [0.25, 0.3) is 0 Å². The molecule has 1 rings (SSSR count). The van der Waals surface area contributed by atoms with Crippen LogP contribution in [0.15, 0.2) is 24.3 Å². The Labute approximate surface area is 125 Å². The maximum atomic E-state index is 11.6. The first-order valence-corrected chi connectivity index (χ1v) is 6.99. The first kappa shape index (κ1) is 17.0. The van der Waals surface area contributed by atoms with Gasteiger partial charge in [0, 0.05) is 0 Å². The lowest BCUT2D eigenvalue weighted by Crippen LogP contribution is -2.28. The molecule has 116 valence electrons. The number of esters is 2. The summed E-state index contributed by atoms with van der Waals surface area (Å²) >= 11 is 0. The van der Waals surface area contributed by atoms with Crippen molar-refractivity contribution in [2.75, 3.05) is 20.8 Å². The van der Waals surface area contributed by atoms with Gasteiger partial charge in [-0.25, -0.2) is 0 Å². The van der Waals surface area contributed by atoms with E-state index in [4.69, 9.17) is 4.74 Å². The van der Waals surface area contributed by atoms with E-state index in [1.807, 2.05) is 24.3 Å². The number of rotatable bonds is 8. The zero-order valence-corrected chi connectivity index (χ0v) is 12.8. The fourth-order valence-corrected chi connectivity index (χ4v) is 1.84. The number of carbonyl (C=O) groups excluding carboxylic acids is 2. The van der Waals surface area contributed by atoms with Crippen LogP contribution in [-0.4, -0.2) is 32.8 Å². The fourth-order valence-electron chi connectivity index (χ4n) is 1.84. The maximum absolute atomic E-state index is 11.6. The molecule has 0 saturated carbocycles. The smallest absolute Gasteiger partial charge is 0.320 e. The highest BCUT2D eigenvalue weighted by atomic mass is 16.5. The Balaban J connectivity index is 2.67. The second-order valence-corrected chi connectivity index (χ2v) is 4.65. The normalized spacial score (nSPS) is 10.3. The van der Waals surface area contributed by atoms with Gasteiger partial charge in [0.05, 0.1) is 20.8 Å². The molecule has 21 heavy (non-hydrogen) atoms. The van der Waals surface area contributed by atoms with Crippen molar-refractivity contribution in [2.24, 2.45) is 5.92 Å². The average Bonchev–Trinajstić information content (AvgIpc) is 2.52. The Morgan fingerprint density at radius 3 is 2.10 bits per heavy atom. The molecule has 0 unspecified atom stereocenters. The highest BCUT2D eigenvalue weighted by molar-refractivity contribution is 5.95. The molecular formula is C16H22O5. The Kier molecular flexibility index (Phi) is 7.29. The molecule has 1 aromatic rings. The van der Waals surface area contributed by atoms with Gasteiger partial charge in [-0.3, -0.25) is 9.59 Å². The van der Waals surface area contributed by atoms with Gasteiger partial charge in [-0.15, -0.1) is 0 Å². The van der Waals surface area contributed by atoms with Gasteiger partial charge in [0.1, 0.15) is 5.75 Å². The zero-order chi connectivity index (χ0) is 15.7. The van der Waals surface area contributed by atoms with Crippen molar-refractivity contribution in [3.8, 4) is 5.75 Å². The molecule has 5 nitrogen and oxygen atoms in total. The third kappa shape index (κ3) is 5.45. The first-order valence-electron chi connectivity index (χ1n) is 6.99. The second kappa shape index (κ2) is 9.00. The molecule has 0 N–H and O–H groups in total. The predicted molar refractivity (Wildman–Crippen MR) is 78.1 cm³/mol. The van der Waals surface area contributed by atoms with Crippen LogP contribution in [0.25, 0.3) is 0 Å². The molecule has 0 heterocycles. The third-order valence-corrected chi connectivity index (χ3v) is 3.10. The highest BCUT2D eigenvalue weighted by Crippen LogP contribution is 2.17. The molecule has 0 aromatic heterocycles. The number of benzene rings is 1. The lowest BCUT2D eigenvalue weighted by atomic mass is 9.99. The molecule has 0 atom stereocenters. The Morgan fingerprint density at radius 2 is 1.62 bits per heavy atom. The lowest BCUT2D eigenvalue weighted by molar-refractivity contribution is -0.158. The second-order valence-electron chi connectivity index (χ2n) is 4.65. The van der Waals surface area contributed by atoms with Crippen molar-refractivity contribution in [3.63, 3.8) is 0 Å². The molecule has 0 bridgehead atoms. The third-order valence-electron chi connectivity index (χ3n) is 3.10. The van der Waals surface area contributed by atoms with Gasteiger partial charge in [0.15, 0.2) is 5.92 Å². The largest absolute Gasteiger partial charge is 0.494 e. The fraction of sp³-hybridized carbons (Fsp3) is 0.500. The van der Waals surface area contributed by atoms with Crippen LogP contribution in [0.1, 0.15) is 25.3 Å². The van der Waals surface area contributed by atoms with Gasteiger partial charge in [-0.05, 0) is 30.5 Å². The highest BCUT2D eigenvalue weighted by Gasteiger charge is 2.28.